The number of piperazine rings is 1. The summed E-state index contributed by atoms with van der Waals surface area (Å²) in [6.07, 6.45) is 4.90. The molecule has 2 aliphatic heterocycles. The van der Waals surface area contributed by atoms with Gasteiger partial charge in [0, 0.05) is 57.4 Å². The minimum absolute atomic E-state index is 0.0270. The zero-order valence-corrected chi connectivity index (χ0v) is 17.4. The predicted molar refractivity (Wildman–Crippen MR) is 115 cm³/mol. The van der Waals surface area contributed by atoms with Crippen molar-refractivity contribution < 1.29 is 9.59 Å². The van der Waals surface area contributed by atoms with Crippen LogP contribution in [-0.2, 0) is 9.59 Å². The Kier molecular flexibility index (Phi) is 6.70. The number of benzene rings is 1. The lowest BCUT2D eigenvalue weighted by Gasteiger charge is -2.36. The van der Waals surface area contributed by atoms with Crippen molar-refractivity contribution in [2.24, 2.45) is 11.8 Å². The van der Waals surface area contributed by atoms with E-state index in [4.69, 9.17) is 0 Å². The molecule has 4 rings (SSSR count). The van der Waals surface area contributed by atoms with Crippen LogP contribution in [0.15, 0.2) is 30.3 Å². The minimum Gasteiger partial charge on any atom is -0.369 e. The van der Waals surface area contributed by atoms with Gasteiger partial charge in [0.15, 0.2) is 0 Å². The van der Waals surface area contributed by atoms with Crippen LogP contribution >= 0.6 is 0 Å². The van der Waals surface area contributed by atoms with E-state index in [2.05, 4.69) is 45.4 Å². The van der Waals surface area contributed by atoms with Crippen LogP contribution in [0.4, 0.5) is 5.69 Å². The average molecular weight is 399 g/mol. The van der Waals surface area contributed by atoms with Gasteiger partial charge >= 0.3 is 0 Å². The maximum atomic E-state index is 12.5. The van der Waals surface area contributed by atoms with E-state index in [0.717, 1.165) is 77.9 Å². The minimum atomic E-state index is -0.0270. The summed E-state index contributed by atoms with van der Waals surface area (Å²) in [7, 11) is 0. The zero-order valence-electron chi connectivity index (χ0n) is 17.4. The molecule has 29 heavy (non-hydrogen) atoms. The van der Waals surface area contributed by atoms with E-state index < -0.39 is 0 Å². The number of carbonyl (C=O) groups excluding carboxylic acids is 2. The number of carbonyl (C=O) groups is 2. The van der Waals surface area contributed by atoms with Crippen LogP contribution in [0.3, 0.4) is 0 Å². The van der Waals surface area contributed by atoms with E-state index in [9.17, 15) is 9.59 Å². The molecule has 1 aromatic rings. The number of likely N-dealkylation sites (tertiary alicyclic amines) is 1. The summed E-state index contributed by atoms with van der Waals surface area (Å²) in [5, 5.41) is 3.12. The van der Waals surface area contributed by atoms with Crippen molar-refractivity contribution in [2.45, 2.75) is 32.1 Å². The molecule has 2 heterocycles. The molecule has 0 aromatic heterocycles. The maximum Gasteiger partial charge on any atom is 0.225 e. The van der Waals surface area contributed by atoms with Crippen LogP contribution in [-0.4, -0.2) is 74.0 Å². The van der Waals surface area contributed by atoms with Crippen molar-refractivity contribution in [1.29, 1.82) is 0 Å². The summed E-state index contributed by atoms with van der Waals surface area (Å²) in [5.74, 6) is 0.629. The standard InChI is InChI=1S/C23H34N4O2/c28-22(20-6-4-13-27(18-20)23(29)19-9-10-19)24-11-5-12-25-14-16-26(17-15-25)21-7-2-1-3-8-21/h1-3,7-8,19-20H,4-6,9-18H2,(H,24,28). The molecule has 1 aromatic carbocycles. The molecule has 158 valence electrons. The number of hydrogen-bond donors (Lipinski definition) is 1. The molecule has 2 saturated heterocycles. The number of rotatable bonds is 7. The van der Waals surface area contributed by atoms with Crippen LogP contribution in [0, 0.1) is 11.8 Å². The second-order valence-electron chi connectivity index (χ2n) is 8.71. The number of anilines is 1. The number of piperidine rings is 1. The molecule has 3 aliphatic rings. The van der Waals surface area contributed by atoms with Crippen molar-refractivity contribution in [2.75, 3.05) is 57.3 Å². The van der Waals surface area contributed by atoms with E-state index in [1.54, 1.807) is 0 Å². The molecule has 1 saturated carbocycles. The quantitative estimate of drug-likeness (QED) is 0.714. The largest absolute Gasteiger partial charge is 0.369 e. The lowest BCUT2D eigenvalue weighted by Crippen LogP contribution is -2.47. The van der Waals surface area contributed by atoms with E-state index >= 15 is 0 Å². The number of nitrogens with zero attached hydrogens (tertiary/aromatic N) is 3. The fourth-order valence-corrected chi connectivity index (χ4v) is 4.51. The van der Waals surface area contributed by atoms with Crippen molar-refractivity contribution in [1.82, 2.24) is 15.1 Å². The fourth-order valence-electron chi connectivity index (χ4n) is 4.51. The van der Waals surface area contributed by atoms with Gasteiger partial charge < -0.3 is 15.1 Å². The Morgan fingerprint density at radius 3 is 2.41 bits per heavy atom. The SMILES string of the molecule is O=C(NCCCN1CCN(c2ccccc2)CC1)C1CCCN(C(=O)C2CC2)C1. The van der Waals surface area contributed by atoms with Crippen molar-refractivity contribution >= 4 is 17.5 Å². The first-order valence-corrected chi connectivity index (χ1v) is 11.3. The van der Waals surface area contributed by atoms with Gasteiger partial charge in [0.25, 0.3) is 0 Å². The predicted octanol–water partition coefficient (Wildman–Crippen LogP) is 1.96. The molecule has 0 radical (unpaired) electrons. The Labute approximate surface area is 174 Å². The molecule has 1 aliphatic carbocycles. The van der Waals surface area contributed by atoms with E-state index in [0.29, 0.717) is 6.54 Å². The smallest absolute Gasteiger partial charge is 0.225 e. The van der Waals surface area contributed by atoms with Crippen LogP contribution < -0.4 is 10.2 Å². The monoisotopic (exact) mass is 398 g/mol. The lowest BCUT2D eigenvalue weighted by atomic mass is 9.96. The summed E-state index contributed by atoms with van der Waals surface area (Å²) in [6, 6.07) is 10.6. The molecular weight excluding hydrogens is 364 g/mol. The molecule has 0 spiro atoms. The third kappa shape index (κ3) is 5.50. The third-order valence-electron chi connectivity index (χ3n) is 6.47. The summed E-state index contributed by atoms with van der Waals surface area (Å²) >= 11 is 0. The highest BCUT2D eigenvalue weighted by Crippen LogP contribution is 2.32. The summed E-state index contributed by atoms with van der Waals surface area (Å²) < 4.78 is 0. The zero-order chi connectivity index (χ0) is 20.1. The Morgan fingerprint density at radius 2 is 1.69 bits per heavy atom. The van der Waals surface area contributed by atoms with E-state index in [1.165, 1.54) is 5.69 Å². The molecule has 6 heteroatoms. The van der Waals surface area contributed by atoms with Gasteiger partial charge in [-0.1, -0.05) is 18.2 Å². The van der Waals surface area contributed by atoms with Gasteiger partial charge in [0.1, 0.15) is 0 Å². The normalized spacial score (nSPS) is 23.1. The Hall–Kier alpha value is -2.08. The van der Waals surface area contributed by atoms with Gasteiger partial charge in [-0.2, -0.15) is 0 Å². The average Bonchev–Trinajstić information content (AvgIpc) is 3.63. The third-order valence-corrected chi connectivity index (χ3v) is 6.47. The second kappa shape index (κ2) is 9.61. The van der Waals surface area contributed by atoms with Crippen LogP contribution in [0.1, 0.15) is 32.1 Å². The molecule has 0 bridgehead atoms. The number of amides is 2. The lowest BCUT2D eigenvalue weighted by molar-refractivity contribution is -0.136. The Morgan fingerprint density at radius 1 is 0.931 bits per heavy atom. The van der Waals surface area contributed by atoms with Crippen LogP contribution in [0.2, 0.25) is 0 Å². The van der Waals surface area contributed by atoms with E-state index in [1.807, 2.05) is 4.90 Å². The van der Waals surface area contributed by atoms with Crippen LogP contribution in [0.5, 0.6) is 0 Å². The van der Waals surface area contributed by atoms with Crippen molar-refractivity contribution in [3.05, 3.63) is 30.3 Å². The molecule has 1 atom stereocenters. The summed E-state index contributed by atoms with van der Waals surface area (Å²) in [5.41, 5.74) is 1.31. The number of hydrogen-bond acceptors (Lipinski definition) is 4. The molecular formula is C23H34N4O2. The highest BCUT2D eigenvalue weighted by molar-refractivity contribution is 5.83. The van der Waals surface area contributed by atoms with Crippen molar-refractivity contribution in [3.8, 4) is 0 Å². The van der Waals surface area contributed by atoms with Gasteiger partial charge in [0.05, 0.1) is 5.92 Å². The van der Waals surface area contributed by atoms with Gasteiger partial charge in [-0.05, 0) is 50.8 Å². The highest BCUT2D eigenvalue weighted by atomic mass is 16.2. The number of para-hydroxylation sites is 1. The molecule has 1 unspecified atom stereocenters. The first-order valence-electron chi connectivity index (χ1n) is 11.3. The maximum absolute atomic E-state index is 12.5. The Bertz CT molecular complexity index is 683. The van der Waals surface area contributed by atoms with Gasteiger partial charge in [0.2, 0.25) is 11.8 Å². The summed E-state index contributed by atoms with van der Waals surface area (Å²) in [6.45, 7) is 7.46. The van der Waals surface area contributed by atoms with Gasteiger partial charge in [-0.3, -0.25) is 14.5 Å². The molecule has 6 nitrogen and oxygen atoms in total. The second-order valence-corrected chi connectivity index (χ2v) is 8.71. The summed E-state index contributed by atoms with van der Waals surface area (Å²) in [4.78, 5) is 31.7. The molecule has 1 N–H and O–H groups in total. The van der Waals surface area contributed by atoms with Gasteiger partial charge in [-0.25, -0.2) is 0 Å². The number of nitrogens with one attached hydrogen (secondary N) is 1. The Balaban J connectivity index is 1.11. The van der Waals surface area contributed by atoms with Gasteiger partial charge in [-0.15, -0.1) is 0 Å². The molecule has 3 fully saturated rings. The van der Waals surface area contributed by atoms with E-state index in [-0.39, 0.29) is 23.7 Å². The highest BCUT2D eigenvalue weighted by Gasteiger charge is 2.36. The first kappa shape index (κ1) is 20.2. The van der Waals surface area contributed by atoms with Crippen LogP contribution in [0.25, 0.3) is 0 Å². The molecule has 2 amide bonds. The van der Waals surface area contributed by atoms with Crippen molar-refractivity contribution in [3.63, 3.8) is 0 Å². The first-order chi connectivity index (χ1) is 14.2. The topological polar surface area (TPSA) is 55.9 Å². The fraction of sp³-hybridized carbons (Fsp3) is 0.652.